The predicted octanol–water partition coefficient (Wildman–Crippen LogP) is 5.39. The molecule has 0 spiro atoms. The van der Waals surface area contributed by atoms with E-state index in [9.17, 15) is 4.79 Å². The summed E-state index contributed by atoms with van der Waals surface area (Å²) in [5.74, 6) is 2.06. The summed E-state index contributed by atoms with van der Waals surface area (Å²) in [5.41, 5.74) is 3.11. The maximum absolute atomic E-state index is 13.4. The average molecular weight is 481 g/mol. The summed E-state index contributed by atoms with van der Waals surface area (Å²) in [7, 11) is 1.66. The van der Waals surface area contributed by atoms with Crippen molar-refractivity contribution in [2.75, 3.05) is 44.7 Å². The first-order chi connectivity index (χ1) is 16.5. The molecule has 3 heterocycles. The van der Waals surface area contributed by atoms with Crippen LogP contribution in [-0.2, 0) is 0 Å². The van der Waals surface area contributed by atoms with Crippen molar-refractivity contribution in [3.05, 3.63) is 65.1 Å². The van der Waals surface area contributed by atoms with E-state index in [1.807, 2.05) is 53.1 Å². The van der Waals surface area contributed by atoms with Crippen LogP contribution < -0.4 is 9.64 Å². The monoisotopic (exact) mass is 480 g/mol. The van der Waals surface area contributed by atoms with Gasteiger partial charge in [0.25, 0.3) is 0 Å². The molecular formula is C26H29ClN4O3. The number of aromatic nitrogens is 1. The number of carbonyl (C=O) groups is 1. The minimum Gasteiger partial charge on any atom is -0.496 e. The number of benzene rings is 2. The number of ether oxygens (including phenoxy) is 1. The topological polar surface area (TPSA) is 62.1 Å². The standard InChI is InChI=1S/C26H29ClN4O3/c1-18-28-17-25(34-18)22-10-9-21(16-24(22)33-2)29-12-14-30(15-13-29)26(32)31-11-3-4-23(31)19-5-7-20(27)8-6-19/h5-10,16-17,23H,3-4,11-15H2,1-2H3. The van der Waals surface area contributed by atoms with Crippen LogP contribution in [0.1, 0.15) is 30.3 Å². The molecule has 2 amide bonds. The lowest BCUT2D eigenvalue weighted by Gasteiger charge is -2.39. The van der Waals surface area contributed by atoms with Gasteiger partial charge in [-0.1, -0.05) is 23.7 Å². The number of hydrogen-bond acceptors (Lipinski definition) is 5. The van der Waals surface area contributed by atoms with Crippen molar-refractivity contribution >= 4 is 23.3 Å². The summed E-state index contributed by atoms with van der Waals surface area (Å²) in [6.07, 6.45) is 3.73. The van der Waals surface area contributed by atoms with Crippen LogP contribution in [0.25, 0.3) is 11.3 Å². The normalized spacial score (nSPS) is 18.4. The lowest BCUT2D eigenvalue weighted by Crippen LogP contribution is -2.52. The van der Waals surface area contributed by atoms with Gasteiger partial charge < -0.3 is 23.9 Å². The van der Waals surface area contributed by atoms with Gasteiger partial charge in [-0.15, -0.1) is 0 Å². The number of nitrogens with zero attached hydrogens (tertiary/aromatic N) is 4. The molecule has 2 fully saturated rings. The van der Waals surface area contributed by atoms with Crippen LogP contribution in [0.2, 0.25) is 5.02 Å². The summed E-state index contributed by atoms with van der Waals surface area (Å²) in [4.78, 5) is 23.9. The van der Waals surface area contributed by atoms with Crippen LogP contribution in [-0.4, -0.2) is 60.6 Å². The fraction of sp³-hybridized carbons (Fsp3) is 0.385. The number of urea groups is 1. The van der Waals surface area contributed by atoms with E-state index in [1.165, 1.54) is 0 Å². The van der Waals surface area contributed by atoms with Gasteiger partial charge >= 0.3 is 6.03 Å². The molecule has 2 saturated heterocycles. The summed E-state index contributed by atoms with van der Waals surface area (Å²) in [6.45, 7) is 5.54. The molecule has 2 aliphatic rings. The number of amides is 2. The van der Waals surface area contributed by atoms with Crippen LogP contribution >= 0.6 is 11.6 Å². The molecule has 1 unspecified atom stereocenters. The van der Waals surface area contributed by atoms with Crippen molar-refractivity contribution in [1.29, 1.82) is 0 Å². The SMILES string of the molecule is COc1cc(N2CCN(C(=O)N3CCCC3c3ccc(Cl)cc3)CC2)ccc1-c1cnc(C)o1. The molecule has 178 valence electrons. The third kappa shape index (κ3) is 4.44. The van der Waals surface area contributed by atoms with Crippen LogP contribution in [0, 0.1) is 6.92 Å². The van der Waals surface area contributed by atoms with Gasteiger partial charge in [0.2, 0.25) is 0 Å². The summed E-state index contributed by atoms with van der Waals surface area (Å²) < 4.78 is 11.3. The first-order valence-electron chi connectivity index (χ1n) is 11.7. The van der Waals surface area contributed by atoms with Gasteiger partial charge in [0.15, 0.2) is 11.7 Å². The van der Waals surface area contributed by atoms with Crippen molar-refractivity contribution in [3.8, 4) is 17.1 Å². The number of rotatable bonds is 4. The molecule has 0 N–H and O–H groups in total. The highest BCUT2D eigenvalue weighted by Gasteiger charge is 2.34. The van der Waals surface area contributed by atoms with Crippen LogP contribution in [0.15, 0.2) is 53.1 Å². The first kappa shape index (κ1) is 22.6. The largest absolute Gasteiger partial charge is 0.496 e. The zero-order valence-electron chi connectivity index (χ0n) is 19.5. The zero-order valence-corrected chi connectivity index (χ0v) is 20.3. The Balaban J connectivity index is 1.24. The van der Waals surface area contributed by atoms with Crippen molar-refractivity contribution in [3.63, 3.8) is 0 Å². The maximum atomic E-state index is 13.4. The lowest BCUT2D eigenvalue weighted by atomic mass is 10.0. The highest BCUT2D eigenvalue weighted by atomic mass is 35.5. The molecule has 3 aromatic rings. The number of oxazole rings is 1. The second-order valence-corrected chi connectivity index (χ2v) is 9.22. The van der Waals surface area contributed by atoms with Crippen LogP contribution in [0.3, 0.4) is 0 Å². The zero-order chi connectivity index (χ0) is 23.7. The molecule has 5 rings (SSSR count). The van der Waals surface area contributed by atoms with Crippen molar-refractivity contribution in [1.82, 2.24) is 14.8 Å². The number of carbonyl (C=O) groups excluding carboxylic acids is 1. The molecule has 0 bridgehead atoms. The minimum atomic E-state index is 0.124. The molecule has 0 aliphatic carbocycles. The van der Waals surface area contributed by atoms with Crippen molar-refractivity contribution in [2.24, 2.45) is 0 Å². The molecule has 0 saturated carbocycles. The van der Waals surface area contributed by atoms with Gasteiger partial charge in [0.1, 0.15) is 5.75 Å². The Morgan fingerprint density at radius 3 is 2.53 bits per heavy atom. The summed E-state index contributed by atoms with van der Waals surface area (Å²) >= 11 is 6.05. The minimum absolute atomic E-state index is 0.124. The second kappa shape index (κ2) is 9.58. The van der Waals surface area contributed by atoms with Gasteiger partial charge in [-0.05, 0) is 42.7 Å². The maximum Gasteiger partial charge on any atom is 0.320 e. The Morgan fingerprint density at radius 2 is 1.85 bits per heavy atom. The lowest BCUT2D eigenvalue weighted by molar-refractivity contribution is 0.145. The fourth-order valence-electron chi connectivity index (χ4n) is 4.93. The van der Waals surface area contributed by atoms with Crippen molar-refractivity contribution in [2.45, 2.75) is 25.8 Å². The summed E-state index contributed by atoms with van der Waals surface area (Å²) in [5, 5.41) is 0.719. The Bertz CT molecular complexity index is 1160. The molecule has 2 aromatic carbocycles. The quantitative estimate of drug-likeness (QED) is 0.501. The summed E-state index contributed by atoms with van der Waals surface area (Å²) in [6, 6.07) is 14.2. The van der Waals surface area contributed by atoms with Crippen molar-refractivity contribution < 1.29 is 13.9 Å². The Kier molecular flexibility index (Phi) is 6.37. The van der Waals surface area contributed by atoms with E-state index >= 15 is 0 Å². The van der Waals surface area contributed by atoms with E-state index in [0.29, 0.717) is 24.7 Å². The number of methoxy groups -OCH3 is 1. The molecular weight excluding hydrogens is 452 g/mol. The van der Waals surface area contributed by atoms with Gasteiger partial charge in [-0.3, -0.25) is 0 Å². The fourth-order valence-corrected chi connectivity index (χ4v) is 5.06. The number of anilines is 1. The number of aryl methyl sites for hydroxylation is 1. The molecule has 1 aromatic heterocycles. The van der Waals surface area contributed by atoms with Gasteiger partial charge in [-0.25, -0.2) is 9.78 Å². The highest BCUT2D eigenvalue weighted by Crippen LogP contribution is 2.35. The van der Waals surface area contributed by atoms with E-state index < -0.39 is 0 Å². The third-order valence-corrected chi connectivity index (χ3v) is 6.99. The van der Waals surface area contributed by atoms with E-state index in [0.717, 1.165) is 60.1 Å². The number of likely N-dealkylation sites (tertiary alicyclic amines) is 1. The smallest absolute Gasteiger partial charge is 0.320 e. The van der Waals surface area contributed by atoms with Crippen LogP contribution in [0.5, 0.6) is 5.75 Å². The third-order valence-electron chi connectivity index (χ3n) is 6.74. The second-order valence-electron chi connectivity index (χ2n) is 8.79. The molecule has 0 radical (unpaired) electrons. The van der Waals surface area contributed by atoms with Crippen LogP contribution in [0.4, 0.5) is 10.5 Å². The Morgan fingerprint density at radius 1 is 1.09 bits per heavy atom. The Hall–Kier alpha value is -3.19. The molecule has 7 nitrogen and oxygen atoms in total. The average Bonchev–Trinajstić information content (AvgIpc) is 3.53. The number of piperazine rings is 1. The van der Waals surface area contributed by atoms with E-state index in [1.54, 1.807) is 13.3 Å². The Labute approximate surface area is 204 Å². The number of hydrogen-bond donors (Lipinski definition) is 0. The highest BCUT2D eigenvalue weighted by molar-refractivity contribution is 6.30. The first-order valence-corrected chi connectivity index (χ1v) is 12.1. The molecule has 34 heavy (non-hydrogen) atoms. The number of halogens is 1. The van der Waals surface area contributed by atoms with Gasteiger partial charge in [0, 0.05) is 56.4 Å². The molecule has 8 heteroatoms. The van der Waals surface area contributed by atoms with Gasteiger partial charge in [0.05, 0.1) is 24.9 Å². The molecule has 2 aliphatic heterocycles. The molecule has 1 atom stereocenters. The van der Waals surface area contributed by atoms with E-state index in [2.05, 4.69) is 16.0 Å². The predicted molar refractivity (Wildman–Crippen MR) is 133 cm³/mol. The van der Waals surface area contributed by atoms with E-state index in [-0.39, 0.29) is 12.1 Å². The van der Waals surface area contributed by atoms with Gasteiger partial charge in [-0.2, -0.15) is 0 Å². The van der Waals surface area contributed by atoms with E-state index in [4.69, 9.17) is 20.8 Å².